The average Bonchev–Trinajstić information content (AvgIpc) is 3.02. The Kier molecular flexibility index (Phi) is 7.02. The molecule has 0 aliphatic carbocycles. The van der Waals surface area contributed by atoms with Crippen LogP contribution >= 0.6 is 11.8 Å². The molecule has 9 nitrogen and oxygen atoms in total. The van der Waals surface area contributed by atoms with Crippen LogP contribution in [0.25, 0.3) is 6.08 Å². The summed E-state index contributed by atoms with van der Waals surface area (Å²) < 4.78 is 10.8. The number of amides is 3. The zero-order chi connectivity index (χ0) is 21.5. The van der Waals surface area contributed by atoms with Crippen LogP contribution in [0.4, 0.5) is 4.79 Å². The van der Waals surface area contributed by atoms with Crippen molar-refractivity contribution in [3.63, 3.8) is 0 Å². The van der Waals surface area contributed by atoms with Crippen molar-refractivity contribution in [1.82, 2.24) is 20.2 Å². The quantitative estimate of drug-likeness (QED) is 0.638. The van der Waals surface area contributed by atoms with Crippen molar-refractivity contribution in [3.05, 3.63) is 53.0 Å². The minimum absolute atomic E-state index is 0.0562. The van der Waals surface area contributed by atoms with Crippen molar-refractivity contribution in [2.75, 3.05) is 26.8 Å². The van der Waals surface area contributed by atoms with Crippen molar-refractivity contribution in [1.29, 1.82) is 0 Å². The molecule has 1 fully saturated rings. The maximum absolute atomic E-state index is 12.6. The Labute approximate surface area is 177 Å². The van der Waals surface area contributed by atoms with E-state index >= 15 is 0 Å². The lowest BCUT2D eigenvalue weighted by Crippen LogP contribution is -2.37. The summed E-state index contributed by atoms with van der Waals surface area (Å²) in [7, 11) is 1.53. The Bertz CT molecular complexity index is 980. The van der Waals surface area contributed by atoms with Crippen LogP contribution in [0.5, 0.6) is 11.5 Å². The lowest BCUT2D eigenvalue weighted by atomic mass is 10.2. The fraction of sp³-hybridized carbons (Fsp3) is 0.250. The number of carbonyl (C=O) groups is 3. The highest BCUT2D eigenvalue weighted by Crippen LogP contribution is 2.34. The molecule has 0 saturated carbocycles. The van der Waals surface area contributed by atoms with Gasteiger partial charge in [0.15, 0.2) is 11.5 Å². The van der Waals surface area contributed by atoms with E-state index in [0.717, 1.165) is 16.7 Å². The van der Waals surface area contributed by atoms with Crippen LogP contribution < -0.4 is 14.8 Å². The molecule has 1 aliphatic heterocycles. The number of rotatable bonds is 8. The van der Waals surface area contributed by atoms with Gasteiger partial charge in [-0.05, 0) is 42.5 Å². The van der Waals surface area contributed by atoms with Gasteiger partial charge in [0.1, 0.15) is 5.69 Å². The molecule has 0 bridgehead atoms. The second-order valence-corrected chi connectivity index (χ2v) is 7.02. The van der Waals surface area contributed by atoms with Gasteiger partial charge in [-0.3, -0.25) is 24.3 Å². The molecule has 1 N–H and O–H groups in total. The van der Waals surface area contributed by atoms with Crippen molar-refractivity contribution in [3.8, 4) is 11.5 Å². The number of aromatic nitrogens is 2. The molecule has 30 heavy (non-hydrogen) atoms. The number of hydrogen-bond donors (Lipinski definition) is 1. The summed E-state index contributed by atoms with van der Waals surface area (Å²) in [5, 5.41) is 2.23. The first kappa shape index (κ1) is 21.3. The molecular formula is C20H20N4O5S. The molecule has 0 radical (unpaired) electrons. The van der Waals surface area contributed by atoms with E-state index < -0.39 is 17.1 Å². The lowest BCUT2D eigenvalue weighted by Gasteiger charge is -2.12. The fourth-order valence-electron chi connectivity index (χ4n) is 2.68. The molecule has 0 spiro atoms. The van der Waals surface area contributed by atoms with Gasteiger partial charge in [-0.15, -0.1) is 0 Å². The number of thioether (sulfide) groups is 1. The molecule has 1 aromatic heterocycles. The number of methoxy groups -OCH3 is 1. The Morgan fingerprint density at radius 3 is 2.80 bits per heavy atom. The molecule has 2 aromatic rings. The van der Waals surface area contributed by atoms with E-state index in [4.69, 9.17) is 9.47 Å². The Hall–Kier alpha value is -3.40. The van der Waals surface area contributed by atoms with Gasteiger partial charge in [0.05, 0.1) is 24.8 Å². The van der Waals surface area contributed by atoms with Gasteiger partial charge in [0, 0.05) is 25.5 Å². The predicted molar refractivity (Wildman–Crippen MR) is 111 cm³/mol. The van der Waals surface area contributed by atoms with E-state index in [-0.39, 0.29) is 18.8 Å². The number of nitrogens with zero attached hydrogens (tertiary/aromatic N) is 3. The van der Waals surface area contributed by atoms with Gasteiger partial charge >= 0.3 is 0 Å². The third-order valence-corrected chi connectivity index (χ3v) is 4.98. The van der Waals surface area contributed by atoms with Crippen LogP contribution in [0.15, 0.2) is 41.7 Å². The summed E-state index contributed by atoms with van der Waals surface area (Å²) in [6.45, 7) is 2.54. The number of nitrogens with one attached hydrogen (secondary N) is 1. The lowest BCUT2D eigenvalue weighted by molar-refractivity contribution is -0.122. The second-order valence-electron chi connectivity index (χ2n) is 6.02. The second kappa shape index (κ2) is 9.88. The van der Waals surface area contributed by atoms with Gasteiger partial charge in [-0.2, -0.15) is 0 Å². The third-order valence-electron chi connectivity index (χ3n) is 4.08. The Morgan fingerprint density at radius 2 is 2.10 bits per heavy atom. The number of benzene rings is 1. The smallest absolute Gasteiger partial charge is 0.293 e. The first-order valence-electron chi connectivity index (χ1n) is 9.14. The molecule has 0 unspecified atom stereocenters. The van der Waals surface area contributed by atoms with E-state index in [1.165, 1.54) is 25.7 Å². The van der Waals surface area contributed by atoms with E-state index in [9.17, 15) is 14.4 Å². The summed E-state index contributed by atoms with van der Waals surface area (Å²) in [5.41, 5.74) is 0.868. The third kappa shape index (κ3) is 4.95. The highest BCUT2D eigenvalue weighted by atomic mass is 32.2. The van der Waals surface area contributed by atoms with Crippen molar-refractivity contribution in [2.24, 2.45) is 0 Å². The first-order valence-corrected chi connectivity index (χ1v) is 9.95. The average molecular weight is 428 g/mol. The van der Waals surface area contributed by atoms with Crippen molar-refractivity contribution < 1.29 is 23.9 Å². The SMILES string of the molecule is CCOc1ccc(/C=C2\SC(=O)N(CCNC(=O)c3cnccn3)C2=O)cc1OC. The van der Waals surface area contributed by atoms with E-state index in [1.54, 1.807) is 24.3 Å². The Balaban J connectivity index is 1.63. The number of hydrogen-bond acceptors (Lipinski definition) is 8. The van der Waals surface area contributed by atoms with Gasteiger partial charge in [-0.1, -0.05) is 6.07 Å². The Morgan fingerprint density at radius 1 is 1.27 bits per heavy atom. The molecule has 2 heterocycles. The summed E-state index contributed by atoms with van der Waals surface area (Å²) in [6.07, 6.45) is 5.83. The minimum Gasteiger partial charge on any atom is -0.493 e. The standard InChI is InChI=1S/C20H20N4O5S/c1-3-29-15-5-4-13(10-16(15)28-2)11-17-19(26)24(20(27)30-17)9-8-23-18(25)14-12-21-6-7-22-14/h4-7,10-12H,3,8-9H2,1-2H3,(H,23,25)/b17-11-. The maximum Gasteiger partial charge on any atom is 0.293 e. The number of ether oxygens (including phenoxy) is 2. The van der Waals surface area contributed by atoms with Gasteiger partial charge in [0.2, 0.25) is 0 Å². The van der Waals surface area contributed by atoms with E-state index in [0.29, 0.717) is 28.6 Å². The molecular weight excluding hydrogens is 408 g/mol. The van der Waals surface area contributed by atoms with E-state index in [1.807, 2.05) is 6.92 Å². The summed E-state index contributed by atoms with van der Waals surface area (Å²) in [5.74, 6) is 0.305. The van der Waals surface area contributed by atoms with Crippen molar-refractivity contribution >= 4 is 34.9 Å². The van der Waals surface area contributed by atoms with Gasteiger partial charge < -0.3 is 14.8 Å². The first-order chi connectivity index (χ1) is 14.5. The van der Waals surface area contributed by atoms with Crippen LogP contribution in [0, 0.1) is 0 Å². The highest BCUT2D eigenvalue weighted by molar-refractivity contribution is 8.18. The molecule has 156 valence electrons. The predicted octanol–water partition coefficient (Wildman–Crippen LogP) is 2.35. The minimum atomic E-state index is -0.424. The van der Waals surface area contributed by atoms with Crippen LogP contribution in [0.1, 0.15) is 23.0 Å². The topological polar surface area (TPSA) is 111 Å². The van der Waals surface area contributed by atoms with Crippen LogP contribution in [0.2, 0.25) is 0 Å². The van der Waals surface area contributed by atoms with Crippen LogP contribution in [-0.4, -0.2) is 58.7 Å². The van der Waals surface area contributed by atoms with Gasteiger partial charge in [0.25, 0.3) is 17.1 Å². The monoisotopic (exact) mass is 428 g/mol. The molecule has 3 rings (SSSR count). The molecule has 1 aromatic carbocycles. The number of imide groups is 1. The summed E-state index contributed by atoms with van der Waals surface area (Å²) in [6, 6.07) is 5.27. The molecule has 0 atom stereocenters. The normalized spacial score (nSPS) is 14.9. The van der Waals surface area contributed by atoms with Crippen LogP contribution in [-0.2, 0) is 4.79 Å². The van der Waals surface area contributed by atoms with Crippen LogP contribution in [0.3, 0.4) is 0 Å². The zero-order valence-electron chi connectivity index (χ0n) is 16.5. The summed E-state index contributed by atoms with van der Waals surface area (Å²) in [4.78, 5) is 45.9. The van der Waals surface area contributed by atoms with Crippen molar-refractivity contribution in [2.45, 2.75) is 6.92 Å². The summed E-state index contributed by atoms with van der Waals surface area (Å²) >= 11 is 0.851. The maximum atomic E-state index is 12.6. The number of carbonyl (C=O) groups excluding carboxylic acids is 3. The molecule has 1 aliphatic rings. The molecule has 1 saturated heterocycles. The fourth-order valence-corrected chi connectivity index (χ4v) is 3.55. The largest absolute Gasteiger partial charge is 0.493 e. The molecule has 10 heteroatoms. The highest BCUT2D eigenvalue weighted by Gasteiger charge is 2.34. The molecule has 3 amide bonds. The zero-order valence-corrected chi connectivity index (χ0v) is 17.3. The van der Waals surface area contributed by atoms with Gasteiger partial charge in [-0.25, -0.2) is 4.98 Å². The van der Waals surface area contributed by atoms with E-state index in [2.05, 4.69) is 15.3 Å².